The lowest BCUT2D eigenvalue weighted by atomic mass is 10.1. The Morgan fingerprint density at radius 2 is 0.809 bits per heavy atom. The zero-order valence-electron chi connectivity index (χ0n) is 29.1. The number of carbonyl (C=O) groups is 8. The van der Waals surface area contributed by atoms with E-state index in [-0.39, 0.29) is 93.0 Å². The first-order chi connectivity index (χ1) is 22.1. The van der Waals surface area contributed by atoms with Gasteiger partial charge in [0.15, 0.2) is 11.6 Å². The molecule has 0 saturated carbocycles. The van der Waals surface area contributed by atoms with E-state index in [4.69, 9.17) is 0 Å². The fourth-order valence-electron chi connectivity index (χ4n) is 2.97. The van der Waals surface area contributed by atoms with Crippen molar-refractivity contribution in [3.8, 4) is 0 Å². The molecule has 0 heterocycles. The molecule has 0 aromatic heterocycles. The molecule has 0 bridgehead atoms. The standard InChI is InChI=1S/C17H29N3O4.C16H27N3O4/c1-12(2)11-20-17(24)8-10-19-16(23)7-9-18-15(22)6-5-14(21)13(3)4;1-4-13(20)5-6-14(21)17-9-7-15(22)18-10-8-16(23)19-11-12(2)3/h5-6,12-13H,7-11H2,1-4H3,(H,18,22)(H,19,23)(H,20,24);5-6,12H,4,7-11H2,1-3H3,(H,17,21)(H,18,22)(H,19,23)/b6-5-;6-5+. The van der Waals surface area contributed by atoms with Crippen molar-refractivity contribution in [1.29, 1.82) is 0 Å². The molecule has 0 aliphatic heterocycles. The molecule has 0 saturated heterocycles. The van der Waals surface area contributed by atoms with E-state index in [0.717, 1.165) is 6.08 Å². The second-order valence-corrected chi connectivity index (χ2v) is 11.7. The van der Waals surface area contributed by atoms with Crippen molar-refractivity contribution in [2.45, 2.75) is 80.6 Å². The van der Waals surface area contributed by atoms with Gasteiger partial charge >= 0.3 is 0 Å². The Balaban J connectivity index is 0. The molecule has 0 rings (SSSR count). The van der Waals surface area contributed by atoms with E-state index in [9.17, 15) is 38.4 Å². The summed E-state index contributed by atoms with van der Waals surface area (Å²) in [4.78, 5) is 91.1. The molecule has 6 N–H and O–H groups in total. The van der Waals surface area contributed by atoms with E-state index >= 15 is 0 Å². The van der Waals surface area contributed by atoms with Crippen molar-refractivity contribution in [3.63, 3.8) is 0 Å². The van der Waals surface area contributed by atoms with Gasteiger partial charge in [-0.1, -0.05) is 48.5 Å². The Morgan fingerprint density at radius 3 is 1.15 bits per heavy atom. The smallest absolute Gasteiger partial charge is 0.244 e. The van der Waals surface area contributed by atoms with Crippen molar-refractivity contribution in [3.05, 3.63) is 24.3 Å². The van der Waals surface area contributed by atoms with Crippen LogP contribution in [0.15, 0.2) is 24.3 Å². The largest absolute Gasteiger partial charge is 0.356 e. The molecule has 0 fully saturated rings. The second-order valence-electron chi connectivity index (χ2n) is 11.7. The van der Waals surface area contributed by atoms with E-state index in [1.807, 2.05) is 27.7 Å². The molecule has 47 heavy (non-hydrogen) atoms. The lowest BCUT2D eigenvalue weighted by Crippen LogP contribution is -2.34. The van der Waals surface area contributed by atoms with Gasteiger partial charge in [0.2, 0.25) is 35.4 Å². The maximum Gasteiger partial charge on any atom is 0.244 e. The van der Waals surface area contributed by atoms with Crippen LogP contribution in [0.1, 0.15) is 80.6 Å². The van der Waals surface area contributed by atoms with E-state index in [2.05, 4.69) is 31.9 Å². The zero-order chi connectivity index (χ0) is 36.2. The van der Waals surface area contributed by atoms with Crippen molar-refractivity contribution in [1.82, 2.24) is 31.9 Å². The molecule has 0 spiro atoms. The van der Waals surface area contributed by atoms with E-state index < -0.39 is 11.8 Å². The third-order valence-corrected chi connectivity index (χ3v) is 5.80. The number of allylic oxidation sites excluding steroid dienone is 2. The molecular formula is C33H56N6O8. The van der Waals surface area contributed by atoms with Gasteiger partial charge in [0, 0.05) is 89.4 Å². The predicted molar refractivity (Wildman–Crippen MR) is 180 cm³/mol. The number of amides is 6. The topological polar surface area (TPSA) is 209 Å². The lowest BCUT2D eigenvalue weighted by molar-refractivity contribution is -0.124. The molecule has 266 valence electrons. The first-order valence-electron chi connectivity index (χ1n) is 16.1. The molecule has 0 aromatic carbocycles. The fourth-order valence-corrected chi connectivity index (χ4v) is 2.97. The maximum atomic E-state index is 11.6. The third-order valence-electron chi connectivity index (χ3n) is 5.80. The van der Waals surface area contributed by atoms with Crippen LogP contribution in [0.25, 0.3) is 0 Å². The highest BCUT2D eigenvalue weighted by atomic mass is 16.2. The van der Waals surface area contributed by atoms with Crippen LogP contribution in [0.2, 0.25) is 0 Å². The number of rotatable bonds is 22. The van der Waals surface area contributed by atoms with Crippen molar-refractivity contribution in [2.75, 3.05) is 39.3 Å². The third kappa shape index (κ3) is 31.4. The average Bonchev–Trinajstić information content (AvgIpc) is 3.00. The summed E-state index contributed by atoms with van der Waals surface area (Å²) < 4.78 is 0. The van der Waals surface area contributed by atoms with Gasteiger partial charge in [0.1, 0.15) is 0 Å². The van der Waals surface area contributed by atoms with E-state index in [1.165, 1.54) is 18.2 Å². The molecule has 0 unspecified atom stereocenters. The van der Waals surface area contributed by atoms with Crippen LogP contribution in [0, 0.1) is 17.8 Å². The monoisotopic (exact) mass is 664 g/mol. The summed E-state index contributed by atoms with van der Waals surface area (Å²) in [6.07, 6.45) is 5.80. The molecule has 14 nitrogen and oxygen atoms in total. The van der Waals surface area contributed by atoms with Crippen molar-refractivity contribution >= 4 is 47.0 Å². The first-order valence-corrected chi connectivity index (χ1v) is 16.1. The molecular weight excluding hydrogens is 608 g/mol. The highest BCUT2D eigenvalue weighted by Crippen LogP contribution is 1.95. The minimum absolute atomic E-state index is 0.0990. The summed E-state index contributed by atoms with van der Waals surface area (Å²) in [6, 6.07) is 0. The van der Waals surface area contributed by atoms with Gasteiger partial charge < -0.3 is 31.9 Å². The molecule has 0 aliphatic carbocycles. The van der Waals surface area contributed by atoms with Gasteiger partial charge in [0.25, 0.3) is 0 Å². The highest BCUT2D eigenvalue weighted by molar-refractivity contribution is 5.99. The molecule has 0 aromatic rings. The van der Waals surface area contributed by atoms with Gasteiger partial charge in [0.05, 0.1) is 0 Å². The van der Waals surface area contributed by atoms with Crippen LogP contribution in [0.5, 0.6) is 0 Å². The fraction of sp³-hybridized carbons (Fsp3) is 0.636. The summed E-state index contributed by atoms with van der Waals surface area (Å²) in [7, 11) is 0. The Hall–Kier alpha value is -4.36. The number of carbonyl (C=O) groups excluding carboxylic acids is 8. The van der Waals surface area contributed by atoms with E-state index in [1.54, 1.807) is 20.8 Å². The molecule has 0 aliphatic rings. The predicted octanol–water partition coefficient (Wildman–Crippen LogP) is 0.859. The maximum absolute atomic E-state index is 11.6. The van der Waals surface area contributed by atoms with Crippen LogP contribution < -0.4 is 31.9 Å². The quantitative estimate of drug-likeness (QED) is 0.0913. The van der Waals surface area contributed by atoms with Gasteiger partial charge in [-0.05, 0) is 24.0 Å². The summed E-state index contributed by atoms with van der Waals surface area (Å²) in [5.41, 5.74) is 0. The molecule has 6 amide bonds. The lowest BCUT2D eigenvalue weighted by Gasteiger charge is -2.08. The Kier molecular flexibility index (Phi) is 26.6. The van der Waals surface area contributed by atoms with Crippen LogP contribution in [-0.4, -0.2) is 86.3 Å². The highest BCUT2D eigenvalue weighted by Gasteiger charge is 2.08. The van der Waals surface area contributed by atoms with Gasteiger partial charge in [-0.25, -0.2) is 0 Å². The normalized spacial score (nSPS) is 10.8. The summed E-state index contributed by atoms with van der Waals surface area (Å²) in [6.45, 7) is 15.3. The minimum atomic E-state index is -0.412. The number of hydrogen-bond donors (Lipinski definition) is 6. The van der Waals surface area contributed by atoms with Gasteiger partial charge in [-0.2, -0.15) is 0 Å². The Labute approximate surface area is 279 Å². The molecule has 14 heteroatoms. The number of ketones is 2. The van der Waals surface area contributed by atoms with Crippen LogP contribution >= 0.6 is 0 Å². The summed E-state index contributed by atoms with van der Waals surface area (Å²) in [5, 5.41) is 15.8. The number of nitrogens with one attached hydrogen (secondary N) is 6. The SMILES string of the molecule is CC(C)CNC(=O)CCNC(=O)CCNC(=O)/C=C\C(=O)C(C)C.CCC(=O)/C=C/C(=O)NCCC(=O)NCCC(=O)NCC(C)C. The minimum Gasteiger partial charge on any atom is -0.356 e. The van der Waals surface area contributed by atoms with E-state index in [0.29, 0.717) is 31.3 Å². The molecule has 0 atom stereocenters. The Morgan fingerprint density at radius 1 is 0.468 bits per heavy atom. The first kappa shape index (κ1) is 44.8. The van der Waals surface area contributed by atoms with Gasteiger partial charge in [-0.3, -0.25) is 38.4 Å². The van der Waals surface area contributed by atoms with Crippen LogP contribution in [0.4, 0.5) is 0 Å². The second kappa shape index (κ2) is 27.9. The number of hydrogen-bond acceptors (Lipinski definition) is 8. The average molecular weight is 665 g/mol. The Bertz CT molecular complexity index is 1080. The van der Waals surface area contributed by atoms with Crippen molar-refractivity contribution in [2.24, 2.45) is 17.8 Å². The van der Waals surface area contributed by atoms with Crippen LogP contribution in [0.3, 0.4) is 0 Å². The summed E-state index contributed by atoms with van der Waals surface area (Å²) >= 11 is 0. The molecule has 0 radical (unpaired) electrons. The van der Waals surface area contributed by atoms with Crippen LogP contribution in [-0.2, 0) is 38.4 Å². The summed E-state index contributed by atoms with van der Waals surface area (Å²) in [5.74, 6) is -1.14. The van der Waals surface area contributed by atoms with Crippen molar-refractivity contribution < 1.29 is 38.4 Å². The van der Waals surface area contributed by atoms with Gasteiger partial charge in [-0.15, -0.1) is 0 Å². The zero-order valence-corrected chi connectivity index (χ0v) is 29.1.